The summed E-state index contributed by atoms with van der Waals surface area (Å²) in [7, 11) is 0. The number of furan rings is 1. The highest BCUT2D eigenvalue weighted by Crippen LogP contribution is 2.35. The summed E-state index contributed by atoms with van der Waals surface area (Å²) < 4.78 is 10.6. The van der Waals surface area contributed by atoms with Gasteiger partial charge in [-0.3, -0.25) is 4.79 Å². The number of rotatable bonds is 5. The van der Waals surface area contributed by atoms with Crippen LogP contribution in [0.3, 0.4) is 0 Å². The van der Waals surface area contributed by atoms with Gasteiger partial charge in [0.05, 0.1) is 12.0 Å². The second-order valence-corrected chi connectivity index (χ2v) is 5.81. The second kappa shape index (κ2) is 6.88. The van der Waals surface area contributed by atoms with Gasteiger partial charge in [0.2, 0.25) is 11.7 Å². The van der Waals surface area contributed by atoms with Gasteiger partial charge < -0.3 is 19.6 Å². The summed E-state index contributed by atoms with van der Waals surface area (Å²) in [6, 6.07) is 12.6. The van der Waals surface area contributed by atoms with Crippen LogP contribution in [0.5, 0.6) is 0 Å². The van der Waals surface area contributed by atoms with Gasteiger partial charge in [0, 0.05) is 13.2 Å². The number of nitrogens with one attached hydrogen (secondary N) is 1. The average molecular weight is 329 g/mol. The zero-order chi connectivity index (χ0) is 17.0. The van der Waals surface area contributed by atoms with E-state index in [9.17, 15) is 9.59 Å². The molecule has 1 saturated heterocycles. The molecule has 1 aliphatic rings. The Balaban J connectivity index is 1.75. The summed E-state index contributed by atoms with van der Waals surface area (Å²) in [6.45, 7) is 1.22. The van der Waals surface area contributed by atoms with Gasteiger partial charge in [-0.25, -0.2) is 4.79 Å². The van der Waals surface area contributed by atoms with Gasteiger partial charge in [0.1, 0.15) is 5.76 Å². The smallest absolute Gasteiger partial charge is 0.371 e. The van der Waals surface area contributed by atoms with Crippen molar-refractivity contribution in [2.45, 2.75) is 24.8 Å². The first kappa shape index (κ1) is 16.3. The summed E-state index contributed by atoms with van der Waals surface area (Å²) in [4.78, 5) is 23.8. The lowest BCUT2D eigenvalue weighted by molar-refractivity contribution is -0.130. The van der Waals surface area contributed by atoms with Crippen molar-refractivity contribution in [1.29, 1.82) is 0 Å². The molecule has 3 rings (SSSR count). The molecule has 6 nitrogen and oxygen atoms in total. The van der Waals surface area contributed by atoms with Gasteiger partial charge in [-0.15, -0.1) is 0 Å². The Morgan fingerprint density at radius 3 is 2.42 bits per heavy atom. The molecular formula is C18H19NO5. The van der Waals surface area contributed by atoms with E-state index in [1.807, 2.05) is 30.3 Å². The van der Waals surface area contributed by atoms with Gasteiger partial charge >= 0.3 is 5.97 Å². The molecular weight excluding hydrogens is 310 g/mol. The maximum atomic E-state index is 12.9. The van der Waals surface area contributed by atoms with Gasteiger partial charge in [-0.1, -0.05) is 30.3 Å². The molecule has 0 aliphatic carbocycles. The summed E-state index contributed by atoms with van der Waals surface area (Å²) in [5.74, 6) is -0.942. The van der Waals surface area contributed by atoms with Crippen molar-refractivity contribution in [1.82, 2.24) is 5.32 Å². The third-order valence-electron chi connectivity index (χ3n) is 4.40. The number of carbonyl (C=O) groups is 2. The Morgan fingerprint density at radius 1 is 1.08 bits per heavy atom. The van der Waals surface area contributed by atoms with E-state index in [1.54, 1.807) is 6.07 Å². The molecule has 24 heavy (non-hydrogen) atoms. The molecule has 0 unspecified atom stereocenters. The van der Waals surface area contributed by atoms with Crippen LogP contribution in [0, 0.1) is 0 Å². The van der Waals surface area contributed by atoms with Crippen LogP contribution in [-0.2, 0) is 21.5 Å². The first-order chi connectivity index (χ1) is 11.6. The van der Waals surface area contributed by atoms with Gasteiger partial charge in [-0.2, -0.15) is 0 Å². The van der Waals surface area contributed by atoms with Crippen molar-refractivity contribution >= 4 is 11.9 Å². The number of carbonyl (C=O) groups excluding carboxylic acids is 1. The van der Waals surface area contributed by atoms with E-state index in [1.165, 1.54) is 6.07 Å². The summed E-state index contributed by atoms with van der Waals surface area (Å²) in [5.41, 5.74) is 0.346. The van der Waals surface area contributed by atoms with E-state index in [-0.39, 0.29) is 18.2 Å². The Morgan fingerprint density at radius 2 is 1.79 bits per heavy atom. The molecule has 1 aromatic heterocycles. The van der Waals surface area contributed by atoms with Crippen molar-refractivity contribution in [3.63, 3.8) is 0 Å². The lowest BCUT2D eigenvalue weighted by Crippen LogP contribution is -2.47. The molecule has 6 heteroatoms. The fraction of sp³-hybridized carbons (Fsp3) is 0.333. The van der Waals surface area contributed by atoms with Crippen LogP contribution in [-0.4, -0.2) is 30.2 Å². The first-order valence-electron chi connectivity index (χ1n) is 7.85. The highest BCUT2D eigenvalue weighted by Gasteiger charge is 2.41. The van der Waals surface area contributed by atoms with E-state index in [0.29, 0.717) is 31.8 Å². The number of amides is 1. The van der Waals surface area contributed by atoms with E-state index >= 15 is 0 Å². The molecule has 126 valence electrons. The van der Waals surface area contributed by atoms with Crippen molar-refractivity contribution < 1.29 is 23.8 Å². The molecule has 1 aromatic carbocycles. The Labute approximate surface area is 139 Å². The summed E-state index contributed by atoms with van der Waals surface area (Å²) in [5, 5.41) is 11.8. The lowest BCUT2D eigenvalue weighted by atomic mass is 9.73. The molecule has 2 N–H and O–H groups in total. The van der Waals surface area contributed by atoms with E-state index in [0.717, 1.165) is 5.56 Å². The van der Waals surface area contributed by atoms with E-state index < -0.39 is 11.4 Å². The van der Waals surface area contributed by atoms with Crippen molar-refractivity contribution in [2.24, 2.45) is 0 Å². The number of hydrogen-bond donors (Lipinski definition) is 2. The van der Waals surface area contributed by atoms with Crippen molar-refractivity contribution in [3.05, 3.63) is 59.5 Å². The van der Waals surface area contributed by atoms with Crippen LogP contribution in [0.2, 0.25) is 0 Å². The van der Waals surface area contributed by atoms with Gasteiger partial charge in [-0.05, 0) is 30.5 Å². The quantitative estimate of drug-likeness (QED) is 0.879. The molecule has 2 heterocycles. The number of ether oxygens (including phenoxy) is 1. The maximum absolute atomic E-state index is 12.9. The van der Waals surface area contributed by atoms with E-state index in [2.05, 4.69) is 5.32 Å². The predicted octanol–water partition coefficient (Wildman–Crippen LogP) is 2.34. The normalized spacial score (nSPS) is 16.5. The Hall–Kier alpha value is -2.60. The minimum atomic E-state index is -1.13. The fourth-order valence-corrected chi connectivity index (χ4v) is 3.05. The minimum Gasteiger partial charge on any atom is -0.475 e. The third kappa shape index (κ3) is 3.19. The molecule has 0 saturated carbocycles. The van der Waals surface area contributed by atoms with Crippen LogP contribution < -0.4 is 5.32 Å². The Kier molecular flexibility index (Phi) is 4.66. The highest BCUT2D eigenvalue weighted by atomic mass is 16.5. The monoisotopic (exact) mass is 329 g/mol. The van der Waals surface area contributed by atoms with Crippen LogP contribution >= 0.6 is 0 Å². The van der Waals surface area contributed by atoms with Crippen LogP contribution in [0.15, 0.2) is 46.9 Å². The predicted molar refractivity (Wildman–Crippen MR) is 85.7 cm³/mol. The number of aromatic carboxylic acids is 1. The zero-order valence-electron chi connectivity index (χ0n) is 13.2. The molecule has 0 spiro atoms. The van der Waals surface area contributed by atoms with Crippen molar-refractivity contribution in [2.75, 3.05) is 13.2 Å². The summed E-state index contributed by atoms with van der Waals surface area (Å²) >= 11 is 0. The van der Waals surface area contributed by atoms with Gasteiger partial charge in [0.25, 0.3) is 0 Å². The lowest BCUT2D eigenvalue weighted by Gasteiger charge is -2.36. The fourth-order valence-electron chi connectivity index (χ4n) is 3.05. The maximum Gasteiger partial charge on any atom is 0.371 e. The summed E-state index contributed by atoms with van der Waals surface area (Å²) in [6.07, 6.45) is 1.22. The molecule has 2 aromatic rings. The number of carboxylic acid groups (broad SMARTS) is 1. The third-order valence-corrected chi connectivity index (χ3v) is 4.40. The number of hydrogen-bond acceptors (Lipinski definition) is 4. The minimum absolute atomic E-state index is 0.0923. The van der Waals surface area contributed by atoms with Crippen LogP contribution in [0.1, 0.15) is 34.7 Å². The van der Waals surface area contributed by atoms with Crippen LogP contribution in [0.25, 0.3) is 0 Å². The Bertz CT molecular complexity index is 716. The molecule has 0 atom stereocenters. The van der Waals surface area contributed by atoms with Crippen molar-refractivity contribution in [3.8, 4) is 0 Å². The molecule has 0 radical (unpaired) electrons. The molecule has 1 fully saturated rings. The largest absolute Gasteiger partial charge is 0.475 e. The average Bonchev–Trinajstić information content (AvgIpc) is 3.10. The SMILES string of the molecule is O=C(O)c1ccc(CNC(=O)C2(c3ccccc3)CCOCC2)o1. The second-order valence-electron chi connectivity index (χ2n) is 5.81. The molecule has 1 aliphatic heterocycles. The van der Waals surface area contributed by atoms with E-state index in [4.69, 9.17) is 14.3 Å². The van der Waals surface area contributed by atoms with Crippen LogP contribution in [0.4, 0.5) is 0 Å². The highest BCUT2D eigenvalue weighted by molar-refractivity contribution is 5.88. The number of benzene rings is 1. The first-order valence-corrected chi connectivity index (χ1v) is 7.85. The number of carboxylic acids is 1. The van der Waals surface area contributed by atoms with Gasteiger partial charge in [0.15, 0.2) is 0 Å². The standard InChI is InChI=1S/C18H19NO5/c20-16(21)15-7-6-14(24-15)12-19-17(22)18(8-10-23-11-9-18)13-4-2-1-3-5-13/h1-7H,8-12H2,(H,19,22)(H,20,21). The zero-order valence-corrected chi connectivity index (χ0v) is 13.2. The molecule has 1 amide bonds. The topological polar surface area (TPSA) is 88.8 Å². The molecule has 0 bridgehead atoms.